The highest BCUT2D eigenvalue weighted by molar-refractivity contribution is 7.45. The first-order chi connectivity index (χ1) is 27.5. The first-order valence-corrected chi connectivity index (χ1v) is 23.6. The molecule has 0 bridgehead atoms. The molecule has 0 saturated heterocycles. The van der Waals surface area contributed by atoms with E-state index in [0.29, 0.717) is 23.9 Å². The Morgan fingerprint density at radius 3 is 1.47 bits per heavy atom. The van der Waals surface area contributed by atoms with E-state index < -0.39 is 32.5 Å². The number of esters is 2. The van der Waals surface area contributed by atoms with E-state index in [1.165, 1.54) is 38.5 Å². The van der Waals surface area contributed by atoms with Gasteiger partial charge in [-0.05, 0) is 83.5 Å². The number of rotatable bonds is 39. The highest BCUT2D eigenvalue weighted by atomic mass is 31.2. The number of nitrogens with zero attached hydrogens (tertiary/aromatic N) is 1. The van der Waals surface area contributed by atoms with Crippen LogP contribution in [0.15, 0.2) is 72.9 Å². The van der Waals surface area contributed by atoms with Gasteiger partial charge in [-0.15, -0.1) is 0 Å². The van der Waals surface area contributed by atoms with Gasteiger partial charge in [-0.2, -0.15) is 0 Å². The summed E-state index contributed by atoms with van der Waals surface area (Å²) in [5.74, 6) is -0.894. The standard InChI is InChI=1S/C47H82NO8P/c1-6-8-10-12-14-16-18-20-22-23-24-25-26-28-29-31-33-35-37-39-46(49)53-43-45(44-55-57(51,52)54-42-41-48(3,4)5)56-47(50)40-38-36-34-32-30-27-21-19-17-15-13-11-9-7-2/h13-16,19-22,24-25,28-29,45H,6-12,17-18,23,26-27,30-44H2,1-5H3/b15-13+,16-14+,21-19+,22-20+,25-24+,29-28+/t45-/m0/s1. The Bertz CT molecular complexity index is 1200. The van der Waals surface area contributed by atoms with Crippen molar-refractivity contribution >= 4 is 19.8 Å². The molecule has 0 radical (unpaired) electrons. The molecular formula is C47H82NO8P. The van der Waals surface area contributed by atoms with Crippen LogP contribution in [-0.4, -0.2) is 70.0 Å². The van der Waals surface area contributed by atoms with Crippen LogP contribution in [0.25, 0.3) is 0 Å². The van der Waals surface area contributed by atoms with E-state index in [2.05, 4.69) is 86.8 Å². The Balaban J connectivity index is 4.45. The number of phosphoric ester groups is 1. The Labute approximate surface area is 348 Å². The highest BCUT2D eigenvalue weighted by Crippen LogP contribution is 2.38. The van der Waals surface area contributed by atoms with E-state index in [1.54, 1.807) is 0 Å². The Kier molecular flexibility index (Phi) is 37.2. The lowest BCUT2D eigenvalue weighted by atomic mass is 10.1. The molecule has 0 spiro atoms. The van der Waals surface area contributed by atoms with Crippen LogP contribution in [0.2, 0.25) is 0 Å². The molecule has 328 valence electrons. The molecule has 0 amide bonds. The smallest absolute Gasteiger partial charge is 0.306 e. The van der Waals surface area contributed by atoms with E-state index in [-0.39, 0.29) is 26.1 Å². The summed E-state index contributed by atoms with van der Waals surface area (Å²) in [5, 5.41) is 0. The van der Waals surface area contributed by atoms with Crippen LogP contribution in [0.1, 0.15) is 162 Å². The van der Waals surface area contributed by atoms with Gasteiger partial charge in [-0.3, -0.25) is 14.2 Å². The molecule has 0 fully saturated rings. The molecule has 0 rings (SSSR count). The van der Waals surface area contributed by atoms with Crippen LogP contribution >= 0.6 is 7.82 Å². The molecule has 0 aliphatic carbocycles. The molecule has 10 heteroatoms. The fourth-order valence-electron chi connectivity index (χ4n) is 5.42. The van der Waals surface area contributed by atoms with Crippen LogP contribution < -0.4 is 4.89 Å². The van der Waals surface area contributed by atoms with E-state index in [1.807, 2.05) is 21.1 Å². The lowest BCUT2D eigenvalue weighted by Gasteiger charge is -2.28. The average molecular weight is 820 g/mol. The van der Waals surface area contributed by atoms with E-state index in [4.69, 9.17) is 18.5 Å². The molecule has 2 atom stereocenters. The van der Waals surface area contributed by atoms with Gasteiger partial charge < -0.3 is 27.9 Å². The van der Waals surface area contributed by atoms with Gasteiger partial charge in [0.25, 0.3) is 7.82 Å². The fraction of sp³-hybridized carbons (Fsp3) is 0.702. The predicted molar refractivity (Wildman–Crippen MR) is 236 cm³/mol. The van der Waals surface area contributed by atoms with Crippen molar-refractivity contribution in [3.63, 3.8) is 0 Å². The number of hydrogen-bond acceptors (Lipinski definition) is 8. The first kappa shape index (κ1) is 54.5. The molecule has 0 aromatic rings. The summed E-state index contributed by atoms with van der Waals surface area (Å²) in [6.45, 7) is 4.08. The maximum atomic E-state index is 12.7. The van der Waals surface area contributed by atoms with Crippen molar-refractivity contribution in [3.05, 3.63) is 72.9 Å². The lowest BCUT2D eigenvalue weighted by molar-refractivity contribution is -0.870. The summed E-state index contributed by atoms with van der Waals surface area (Å²) in [6.07, 6.45) is 47.8. The molecule has 0 aliphatic heterocycles. The maximum absolute atomic E-state index is 12.7. The van der Waals surface area contributed by atoms with Crippen molar-refractivity contribution in [2.24, 2.45) is 0 Å². The van der Waals surface area contributed by atoms with E-state index in [9.17, 15) is 19.0 Å². The quantitative estimate of drug-likeness (QED) is 0.0198. The van der Waals surface area contributed by atoms with Crippen molar-refractivity contribution < 1.29 is 42.1 Å². The van der Waals surface area contributed by atoms with Crippen LogP contribution in [0.4, 0.5) is 0 Å². The predicted octanol–water partition coefficient (Wildman–Crippen LogP) is 12.0. The molecule has 1 unspecified atom stereocenters. The second-order valence-electron chi connectivity index (χ2n) is 15.7. The van der Waals surface area contributed by atoms with Gasteiger partial charge in [0, 0.05) is 12.8 Å². The second kappa shape index (κ2) is 38.9. The zero-order valence-electron chi connectivity index (χ0n) is 36.8. The molecule has 9 nitrogen and oxygen atoms in total. The SMILES string of the molecule is CCCC/C=C/C/C=C/CCCCCCCC(=O)O[C@@H](COC(=O)CCCCC/C=C/C/C=C/C/C=C/C/C=C/CCCCC)COP(=O)([O-])OCC[N+](C)(C)C. The largest absolute Gasteiger partial charge is 0.756 e. The number of hydrogen-bond donors (Lipinski definition) is 0. The zero-order chi connectivity index (χ0) is 42.1. The maximum Gasteiger partial charge on any atom is 0.306 e. The highest BCUT2D eigenvalue weighted by Gasteiger charge is 2.21. The Morgan fingerprint density at radius 2 is 0.965 bits per heavy atom. The molecule has 0 heterocycles. The van der Waals surface area contributed by atoms with Crippen LogP contribution in [-0.2, 0) is 32.7 Å². The minimum absolute atomic E-state index is 0.0428. The number of carbonyl (C=O) groups is 2. The number of allylic oxidation sites excluding steroid dienone is 12. The van der Waals surface area contributed by atoms with Crippen molar-refractivity contribution in [2.45, 2.75) is 168 Å². The van der Waals surface area contributed by atoms with Gasteiger partial charge >= 0.3 is 11.9 Å². The Hall–Kier alpha value is -2.55. The summed E-state index contributed by atoms with van der Waals surface area (Å²) in [5.41, 5.74) is 0. The minimum atomic E-state index is -4.64. The van der Waals surface area contributed by atoms with Gasteiger partial charge in [0.2, 0.25) is 0 Å². The third kappa shape index (κ3) is 42.9. The van der Waals surface area contributed by atoms with E-state index >= 15 is 0 Å². The molecule has 0 aliphatic rings. The van der Waals surface area contributed by atoms with Crippen LogP contribution in [0, 0.1) is 0 Å². The molecule has 0 saturated carbocycles. The van der Waals surface area contributed by atoms with Crippen molar-refractivity contribution in [1.29, 1.82) is 0 Å². The third-order valence-electron chi connectivity index (χ3n) is 8.95. The Morgan fingerprint density at radius 1 is 0.544 bits per heavy atom. The van der Waals surface area contributed by atoms with Crippen LogP contribution in [0.5, 0.6) is 0 Å². The summed E-state index contributed by atoms with van der Waals surface area (Å²) in [7, 11) is 1.12. The van der Waals surface area contributed by atoms with Crippen molar-refractivity contribution in [3.8, 4) is 0 Å². The number of ether oxygens (including phenoxy) is 2. The molecular weight excluding hydrogens is 737 g/mol. The number of carbonyl (C=O) groups excluding carboxylic acids is 2. The first-order valence-electron chi connectivity index (χ1n) is 22.1. The van der Waals surface area contributed by atoms with Crippen molar-refractivity contribution in [2.75, 3.05) is 47.5 Å². The number of phosphoric acid groups is 1. The second-order valence-corrected chi connectivity index (χ2v) is 17.1. The van der Waals surface area contributed by atoms with Gasteiger partial charge in [-0.25, -0.2) is 0 Å². The van der Waals surface area contributed by atoms with Gasteiger partial charge in [0.1, 0.15) is 19.8 Å². The molecule has 57 heavy (non-hydrogen) atoms. The molecule has 0 aromatic heterocycles. The van der Waals surface area contributed by atoms with Gasteiger partial charge in [0.05, 0.1) is 27.7 Å². The third-order valence-corrected chi connectivity index (χ3v) is 9.91. The normalized spacial score (nSPS) is 14.3. The number of likely N-dealkylation sites (N-methyl/N-ethyl adjacent to an activating group) is 1. The topological polar surface area (TPSA) is 111 Å². The molecule has 0 aromatic carbocycles. The van der Waals surface area contributed by atoms with Gasteiger partial charge in [0.15, 0.2) is 6.10 Å². The summed E-state index contributed by atoms with van der Waals surface area (Å²) in [4.78, 5) is 37.5. The van der Waals surface area contributed by atoms with Crippen LogP contribution in [0.3, 0.4) is 0 Å². The summed E-state index contributed by atoms with van der Waals surface area (Å²) < 4.78 is 33.8. The average Bonchev–Trinajstić information content (AvgIpc) is 3.16. The monoisotopic (exact) mass is 820 g/mol. The minimum Gasteiger partial charge on any atom is -0.756 e. The number of unbranched alkanes of at least 4 members (excludes halogenated alkanes) is 13. The lowest BCUT2D eigenvalue weighted by Crippen LogP contribution is -2.37. The zero-order valence-corrected chi connectivity index (χ0v) is 37.7. The molecule has 0 N–H and O–H groups in total. The summed E-state index contributed by atoms with van der Waals surface area (Å²) >= 11 is 0. The fourth-order valence-corrected chi connectivity index (χ4v) is 6.15. The van der Waals surface area contributed by atoms with E-state index in [0.717, 1.165) is 83.5 Å². The van der Waals surface area contributed by atoms with Gasteiger partial charge in [-0.1, -0.05) is 138 Å². The van der Waals surface area contributed by atoms with Crippen molar-refractivity contribution in [1.82, 2.24) is 0 Å². The number of quaternary nitrogens is 1. The summed E-state index contributed by atoms with van der Waals surface area (Å²) in [6, 6.07) is 0.